The maximum Gasteiger partial charge on any atom is 0.223 e. The molecular formula is C16H24N2O. The highest BCUT2D eigenvalue weighted by atomic mass is 16.2. The van der Waals surface area contributed by atoms with Crippen LogP contribution in [0.3, 0.4) is 0 Å². The largest absolute Gasteiger partial charge is 0.346 e. The summed E-state index contributed by atoms with van der Waals surface area (Å²) in [6.45, 7) is 0.811. The summed E-state index contributed by atoms with van der Waals surface area (Å²) in [6.07, 6.45) is 4.93. The van der Waals surface area contributed by atoms with Gasteiger partial charge in [0.25, 0.3) is 0 Å². The SMILES string of the molecule is CN(CCCc1ccccc1)C(=O)CC(N)C1CC1. The zero-order chi connectivity index (χ0) is 13.7. The van der Waals surface area contributed by atoms with E-state index in [0.717, 1.165) is 19.4 Å². The predicted molar refractivity (Wildman–Crippen MR) is 77.7 cm³/mol. The van der Waals surface area contributed by atoms with Gasteiger partial charge in [0.15, 0.2) is 0 Å². The summed E-state index contributed by atoms with van der Waals surface area (Å²) in [5.74, 6) is 0.786. The topological polar surface area (TPSA) is 46.3 Å². The van der Waals surface area contributed by atoms with E-state index >= 15 is 0 Å². The van der Waals surface area contributed by atoms with Crippen LogP contribution in [0.15, 0.2) is 30.3 Å². The second kappa shape index (κ2) is 6.71. The molecule has 1 aromatic carbocycles. The predicted octanol–water partition coefficient (Wildman–Crippen LogP) is 2.21. The monoisotopic (exact) mass is 260 g/mol. The van der Waals surface area contributed by atoms with Crippen molar-refractivity contribution in [2.45, 2.75) is 38.1 Å². The lowest BCUT2D eigenvalue weighted by atomic mass is 10.1. The van der Waals surface area contributed by atoms with Gasteiger partial charge in [0.2, 0.25) is 5.91 Å². The lowest BCUT2D eigenvalue weighted by molar-refractivity contribution is -0.130. The summed E-state index contributed by atoms with van der Waals surface area (Å²) >= 11 is 0. The van der Waals surface area contributed by atoms with Gasteiger partial charge in [0, 0.05) is 26.1 Å². The number of nitrogens with two attached hydrogens (primary N) is 1. The van der Waals surface area contributed by atoms with E-state index in [4.69, 9.17) is 5.73 Å². The first-order valence-corrected chi connectivity index (χ1v) is 7.20. The lowest BCUT2D eigenvalue weighted by Gasteiger charge is -2.19. The van der Waals surface area contributed by atoms with Crippen LogP contribution >= 0.6 is 0 Å². The van der Waals surface area contributed by atoms with Gasteiger partial charge in [0.05, 0.1) is 0 Å². The minimum atomic E-state index is 0.0732. The van der Waals surface area contributed by atoms with Gasteiger partial charge in [-0.25, -0.2) is 0 Å². The Hall–Kier alpha value is -1.35. The van der Waals surface area contributed by atoms with E-state index < -0.39 is 0 Å². The minimum absolute atomic E-state index is 0.0732. The van der Waals surface area contributed by atoms with Crippen molar-refractivity contribution in [3.8, 4) is 0 Å². The number of rotatable bonds is 7. The second-order valence-electron chi connectivity index (χ2n) is 5.61. The van der Waals surface area contributed by atoms with Gasteiger partial charge in [-0.05, 0) is 37.2 Å². The fourth-order valence-corrected chi connectivity index (χ4v) is 2.34. The van der Waals surface area contributed by atoms with Gasteiger partial charge in [-0.1, -0.05) is 30.3 Å². The number of benzene rings is 1. The van der Waals surface area contributed by atoms with Gasteiger partial charge in [-0.15, -0.1) is 0 Å². The van der Waals surface area contributed by atoms with Crippen LogP contribution in [-0.4, -0.2) is 30.4 Å². The molecule has 19 heavy (non-hydrogen) atoms. The van der Waals surface area contributed by atoms with Crippen LogP contribution < -0.4 is 5.73 Å². The molecule has 1 aliphatic carbocycles. The summed E-state index contributed by atoms with van der Waals surface area (Å²) in [6, 6.07) is 10.5. The molecule has 1 atom stereocenters. The van der Waals surface area contributed by atoms with Crippen LogP contribution in [0, 0.1) is 5.92 Å². The molecule has 3 nitrogen and oxygen atoms in total. The first-order chi connectivity index (χ1) is 9.16. The summed E-state index contributed by atoms with van der Waals surface area (Å²) in [7, 11) is 1.88. The Morgan fingerprint density at radius 3 is 2.68 bits per heavy atom. The summed E-state index contributed by atoms with van der Waals surface area (Å²) < 4.78 is 0. The van der Waals surface area contributed by atoms with E-state index in [-0.39, 0.29) is 11.9 Å². The molecule has 104 valence electrons. The van der Waals surface area contributed by atoms with Gasteiger partial charge in [-0.2, -0.15) is 0 Å². The summed E-state index contributed by atoms with van der Waals surface area (Å²) in [4.78, 5) is 13.8. The molecule has 1 unspecified atom stereocenters. The maximum absolute atomic E-state index is 12.0. The van der Waals surface area contributed by atoms with Crippen LogP contribution in [0.1, 0.15) is 31.2 Å². The summed E-state index contributed by atoms with van der Waals surface area (Å²) in [5, 5.41) is 0. The first kappa shape index (κ1) is 14.1. The van der Waals surface area contributed by atoms with E-state index in [1.807, 2.05) is 18.0 Å². The standard InChI is InChI=1S/C16H24N2O/c1-18(16(19)12-15(17)14-9-10-14)11-5-8-13-6-3-2-4-7-13/h2-4,6-7,14-15H,5,8-12,17H2,1H3. The zero-order valence-electron chi connectivity index (χ0n) is 11.7. The van der Waals surface area contributed by atoms with Crippen LogP contribution in [0.2, 0.25) is 0 Å². The Morgan fingerprint density at radius 1 is 1.37 bits per heavy atom. The number of nitrogens with zero attached hydrogens (tertiary/aromatic N) is 1. The number of hydrogen-bond acceptors (Lipinski definition) is 2. The molecule has 0 bridgehead atoms. The molecule has 1 saturated carbocycles. The average Bonchev–Trinajstić information content (AvgIpc) is 3.24. The van der Waals surface area contributed by atoms with Crippen LogP contribution in [-0.2, 0) is 11.2 Å². The van der Waals surface area contributed by atoms with Crippen LogP contribution in [0.5, 0.6) is 0 Å². The van der Waals surface area contributed by atoms with Crippen molar-refractivity contribution in [1.82, 2.24) is 4.90 Å². The minimum Gasteiger partial charge on any atom is -0.346 e. The van der Waals surface area contributed by atoms with Crippen molar-refractivity contribution >= 4 is 5.91 Å². The Labute approximate surface area is 115 Å². The molecule has 0 aromatic heterocycles. The van der Waals surface area contributed by atoms with E-state index in [0.29, 0.717) is 12.3 Å². The van der Waals surface area contributed by atoms with Crippen molar-refractivity contribution < 1.29 is 4.79 Å². The Balaban J connectivity index is 1.65. The second-order valence-corrected chi connectivity index (χ2v) is 5.61. The highest BCUT2D eigenvalue weighted by Gasteiger charge is 2.30. The normalized spacial score (nSPS) is 16.1. The third-order valence-corrected chi connectivity index (χ3v) is 3.87. The molecule has 2 N–H and O–H groups in total. The van der Waals surface area contributed by atoms with E-state index in [9.17, 15) is 4.79 Å². The number of carbonyl (C=O) groups is 1. The molecule has 1 fully saturated rings. The van der Waals surface area contributed by atoms with E-state index in [1.165, 1.54) is 18.4 Å². The van der Waals surface area contributed by atoms with Gasteiger partial charge in [0.1, 0.15) is 0 Å². The summed E-state index contributed by atoms with van der Waals surface area (Å²) in [5.41, 5.74) is 7.32. The Bertz CT molecular complexity index is 400. The third-order valence-electron chi connectivity index (χ3n) is 3.87. The van der Waals surface area contributed by atoms with E-state index in [1.54, 1.807) is 0 Å². The molecule has 1 aliphatic rings. The van der Waals surface area contributed by atoms with Crippen molar-refractivity contribution in [2.75, 3.05) is 13.6 Å². The molecule has 0 radical (unpaired) electrons. The number of carbonyl (C=O) groups excluding carboxylic acids is 1. The number of hydrogen-bond donors (Lipinski definition) is 1. The highest BCUT2D eigenvalue weighted by Crippen LogP contribution is 2.32. The van der Waals surface area contributed by atoms with Crippen molar-refractivity contribution in [1.29, 1.82) is 0 Å². The molecule has 3 heteroatoms. The molecule has 0 saturated heterocycles. The number of aryl methyl sites for hydroxylation is 1. The molecule has 1 aromatic rings. The quantitative estimate of drug-likeness (QED) is 0.817. The van der Waals surface area contributed by atoms with Crippen molar-refractivity contribution in [3.63, 3.8) is 0 Å². The van der Waals surface area contributed by atoms with Crippen molar-refractivity contribution in [2.24, 2.45) is 11.7 Å². The van der Waals surface area contributed by atoms with Crippen molar-refractivity contribution in [3.05, 3.63) is 35.9 Å². The average molecular weight is 260 g/mol. The molecule has 2 rings (SSSR count). The third kappa shape index (κ3) is 4.67. The fourth-order valence-electron chi connectivity index (χ4n) is 2.34. The molecule has 1 amide bonds. The lowest BCUT2D eigenvalue weighted by Crippen LogP contribution is -2.35. The zero-order valence-corrected chi connectivity index (χ0v) is 11.7. The maximum atomic E-state index is 12.0. The fraction of sp³-hybridized carbons (Fsp3) is 0.562. The smallest absolute Gasteiger partial charge is 0.223 e. The first-order valence-electron chi connectivity index (χ1n) is 7.20. The van der Waals surface area contributed by atoms with Crippen LogP contribution in [0.25, 0.3) is 0 Å². The Kier molecular flexibility index (Phi) is 4.97. The van der Waals surface area contributed by atoms with E-state index in [2.05, 4.69) is 24.3 Å². The van der Waals surface area contributed by atoms with Gasteiger partial charge >= 0.3 is 0 Å². The molecular weight excluding hydrogens is 236 g/mol. The molecule has 0 heterocycles. The Morgan fingerprint density at radius 2 is 2.05 bits per heavy atom. The van der Waals surface area contributed by atoms with Crippen LogP contribution in [0.4, 0.5) is 0 Å². The molecule has 0 aliphatic heterocycles. The number of amides is 1. The highest BCUT2D eigenvalue weighted by molar-refractivity contribution is 5.76. The molecule has 0 spiro atoms. The van der Waals surface area contributed by atoms with Gasteiger partial charge in [-0.3, -0.25) is 4.79 Å². The van der Waals surface area contributed by atoms with Gasteiger partial charge < -0.3 is 10.6 Å².